The number of Topliss-reactive ketones (excluding diaryl/α,β-unsaturated/α-hetero) is 2. The third kappa shape index (κ3) is 4.03. The Bertz CT molecular complexity index is 98.6. The molecular weight excluding hydrogens is 156 g/mol. The molecule has 0 aliphatic rings. The molecule has 0 saturated carbocycles. The first-order valence-corrected chi connectivity index (χ1v) is 2.22. The summed E-state index contributed by atoms with van der Waals surface area (Å²) in [6.07, 6.45) is 0.329. The van der Waals surface area contributed by atoms with Crippen LogP contribution in [0, 0.1) is 0 Å². The van der Waals surface area contributed by atoms with Gasteiger partial charge in [0.1, 0.15) is 0 Å². The van der Waals surface area contributed by atoms with Gasteiger partial charge in [0.25, 0.3) is 0 Å². The molecule has 0 N–H and O–H groups in total. The zero-order valence-electron chi connectivity index (χ0n) is 4.83. The van der Waals surface area contributed by atoms with Gasteiger partial charge >= 0.3 is 17.1 Å². The van der Waals surface area contributed by atoms with Crippen molar-refractivity contribution < 1.29 is 26.7 Å². The molecule has 0 aliphatic heterocycles. The van der Waals surface area contributed by atoms with E-state index in [4.69, 9.17) is 0 Å². The molecular formula is C5H8CuO2+2. The van der Waals surface area contributed by atoms with Gasteiger partial charge in [0.2, 0.25) is 0 Å². The number of ketones is 2. The Morgan fingerprint density at radius 1 is 1.38 bits per heavy atom. The van der Waals surface area contributed by atoms with Gasteiger partial charge in [-0.05, 0) is 0 Å². The smallest absolute Gasteiger partial charge is 0.291 e. The van der Waals surface area contributed by atoms with Crippen molar-refractivity contribution in [2.45, 2.75) is 20.3 Å². The molecule has 0 bridgehead atoms. The molecule has 0 aliphatic carbocycles. The molecule has 0 rings (SSSR count). The van der Waals surface area contributed by atoms with Crippen molar-refractivity contribution >= 4 is 11.6 Å². The Kier molecular flexibility index (Phi) is 6.74. The summed E-state index contributed by atoms with van der Waals surface area (Å²) in [4.78, 5) is 20.2. The third-order valence-corrected chi connectivity index (χ3v) is 0.714. The van der Waals surface area contributed by atoms with E-state index in [1.807, 2.05) is 0 Å². The van der Waals surface area contributed by atoms with Crippen LogP contribution in [0.4, 0.5) is 0 Å². The summed E-state index contributed by atoms with van der Waals surface area (Å²) >= 11 is 0. The minimum atomic E-state index is -0.345. The summed E-state index contributed by atoms with van der Waals surface area (Å²) < 4.78 is 0. The van der Waals surface area contributed by atoms with Gasteiger partial charge < -0.3 is 0 Å². The average molecular weight is 164 g/mol. The first-order chi connectivity index (χ1) is 3.18. The molecule has 0 saturated heterocycles. The molecule has 0 aromatic rings. The van der Waals surface area contributed by atoms with Crippen LogP contribution in [0.2, 0.25) is 0 Å². The van der Waals surface area contributed by atoms with Crippen molar-refractivity contribution in [3.63, 3.8) is 0 Å². The number of rotatable bonds is 2. The summed E-state index contributed by atoms with van der Waals surface area (Å²) in [6.45, 7) is 2.95. The van der Waals surface area contributed by atoms with Crippen LogP contribution >= 0.6 is 0 Å². The molecule has 2 nitrogen and oxygen atoms in total. The number of hydrogen-bond donors (Lipinski definition) is 0. The largest absolute Gasteiger partial charge is 2.00 e. The minimum absolute atomic E-state index is 0. The predicted octanol–water partition coefficient (Wildman–Crippen LogP) is 0.552. The first kappa shape index (κ1) is 10.8. The molecule has 3 heteroatoms. The van der Waals surface area contributed by atoms with Crippen LogP contribution in [0.15, 0.2) is 0 Å². The Labute approximate surface area is 59.1 Å². The molecule has 0 fully saturated rings. The van der Waals surface area contributed by atoms with Gasteiger partial charge in [-0.25, -0.2) is 0 Å². The van der Waals surface area contributed by atoms with E-state index in [9.17, 15) is 9.59 Å². The standard InChI is InChI=1S/C5H8O2.Cu/c1-3-5(7)4(2)6;/h3H2,1-2H3;/q;+2. The zero-order valence-corrected chi connectivity index (χ0v) is 5.77. The quantitative estimate of drug-likeness (QED) is 0.440. The molecule has 1 radical (unpaired) electrons. The van der Waals surface area contributed by atoms with Crippen LogP contribution in [0.3, 0.4) is 0 Å². The van der Waals surface area contributed by atoms with Crippen LogP contribution in [-0.4, -0.2) is 11.6 Å². The van der Waals surface area contributed by atoms with Crippen molar-refractivity contribution in [2.75, 3.05) is 0 Å². The topological polar surface area (TPSA) is 34.1 Å². The molecule has 8 heavy (non-hydrogen) atoms. The van der Waals surface area contributed by atoms with Gasteiger partial charge in [-0.15, -0.1) is 0 Å². The van der Waals surface area contributed by atoms with Crippen LogP contribution in [0.25, 0.3) is 0 Å². The van der Waals surface area contributed by atoms with Crippen LogP contribution in [0.5, 0.6) is 0 Å². The normalized spacial score (nSPS) is 7.25. The van der Waals surface area contributed by atoms with E-state index in [-0.39, 0.29) is 28.6 Å². The molecule has 0 aromatic carbocycles. The van der Waals surface area contributed by atoms with Crippen molar-refractivity contribution in [3.8, 4) is 0 Å². The van der Waals surface area contributed by atoms with Crippen LogP contribution in [0.1, 0.15) is 20.3 Å². The first-order valence-electron chi connectivity index (χ1n) is 2.22. The maximum absolute atomic E-state index is 10.2. The van der Waals surface area contributed by atoms with Gasteiger partial charge in [-0.3, -0.25) is 9.59 Å². The second kappa shape index (κ2) is 5.01. The van der Waals surface area contributed by atoms with E-state index in [1.54, 1.807) is 6.92 Å². The monoisotopic (exact) mass is 163 g/mol. The van der Waals surface area contributed by atoms with E-state index in [1.165, 1.54) is 6.92 Å². The third-order valence-electron chi connectivity index (χ3n) is 0.714. The Morgan fingerprint density at radius 3 is 1.75 bits per heavy atom. The summed E-state index contributed by atoms with van der Waals surface area (Å²) in [5, 5.41) is 0. The Morgan fingerprint density at radius 2 is 1.75 bits per heavy atom. The summed E-state index contributed by atoms with van der Waals surface area (Å²) in [5.41, 5.74) is 0. The number of carbonyl (C=O) groups is 2. The average Bonchev–Trinajstić information content (AvgIpc) is 1.65. The molecule has 0 spiro atoms. The predicted molar refractivity (Wildman–Crippen MR) is 26.0 cm³/mol. The van der Waals surface area contributed by atoms with Crippen molar-refractivity contribution in [3.05, 3.63) is 0 Å². The number of carbonyl (C=O) groups excluding carboxylic acids is 2. The number of hydrogen-bond acceptors (Lipinski definition) is 2. The van der Waals surface area contributed by atoms with Crippen molar-refractivity contribution in [1.29, 1.82) is 0 Å². The Hall–Kier alpha value is -0.141. The molecule has 0 amide bonds. The minimum Gasteiger partial charge on any atom is -0.291 e. The molecule has 0 heterocycles. The van der Waals surface area contributed by atoms with Crippen molar-refractivity contribution in [2.24, 2.45) is 0 Å². The summed E-state index contributed by atoms with van der Waals surface area (Å²) in [6, 6.07) is 0. The molecule has 49 valence electrons. The molecule has 0 aromatic heterocycles. The van der Waals surface area contributed by atoms with Gasteiger partial charge in [0.05, 0.1) is 0 Å². The van der Waals surface area contributed by atoms with E-state index in [2.05, 4.69) is 0 Å². The summed E-state index contributed by atoms with van der Waals surface area (Å²) in [7, 11) is 0. The fraction of sp³-hybridized carbons (Fsp3) is 0.600. The second-order valence-electron chi connectivity index (χ2n) is 1.33. The fourth-order valence-corrected chi connectivity index (χ4v) is 0.249. The van der Waals surface area contributed by atoms with Crippen LogP contribution < -0.4 is 0 Å². The van der Waals surface area contributed by atoms with E-state index < -0.39 is 0 Å². The maximum atomic E-state index is 10.2. The summed E-state index contributed by atoms with van der Waals surface area (Å²) in [5.74, 6) is -0.637. The van der Waals surface area contributed by atoms with Gasteiger partial charge in [0, 0.05) is 13.3 Å². The fourth-order valence-electron chi connectivity index (χ4n) is 0.249. The van der Waals surface area contributed by atoms with E-state index >= 15 is 0 Å². The zero-order chi connectivity index (χ0) is 5.86. The van der Waals surface area contributed by atoms with E-state index in [0.29, 0.717) is 6.42 Å². The van der Waals surface area contributed by atoms with Gasteiger partial charge in [0.15, 0.2) is 11.6 Å². The second-order valence-corrected chi connectivity index (χ2v) is 1.33. The van der Waals surface area contributed by atoms with Gasteiger partial charge in [-0.2, -0.15) is 0 Å². The maximum Gasteiger partial charge on any atom is 2.00 e. The SMILES string of the molecule is CCC(=O)C(C)=O.[Cu+2]. The van der Waals surface area contributed by atoms with Crippen LogP contribution in [-0.2, 0) is 26.7 Å². The Balaban J connectivity index is 0. The van der Waals surface area contributed by atoms with E-state index in [0.717, 1.165) is 0 Å². The molecule has 0 atom stereocenters. The van der Waals surface area contributed by atoms with Crippen molar-refractivity contribution in [1.82, 2.24) is 0 Å². The van der Waals surface area contributed by atoms with Gasteiger partial charge in [-0.1, -0.05) is 6.92 Å². The molecule has 0 unspecified atom stereocenters.